The van der Waals surface area contributed by atoms with Crippen LogP contribution in [-0.4, -0.2) is 27.5 Å². The van der Waals surface area contributed by atoms with Crippen LogP contribution in [0.15, 0.2) is 30.6 Å². The van der Waals surface area contributed by atoms with Gasteiger partial charge >= 0.3 is 0 Å². The van der Waals surface area contributed by atoms with Gasteiger partial charge in [-0.15, -0.1) is 0 Å². The van der Waals surface area contributed by atoms with Gasteiger partial charge in [-0.2, -0.15) is 0 Å². The van der Waals surface area contributed by atoms with Crippen LogP contribution < -0.4 is 4.90 Å². The largest absolute Gasteiger partial charge is 0.353 e. The fraction of sp³-hybridized carbons (Fsp3) is 0.438. The maximum Gasteiger partial charge on any atom is 0.163 e. The number of piperidine rings is 1. The van der Waals surface area contributed by atoms with Gasteiger partial charge in [-0.1, -0.05) is 0 Å². The van der Waals surface area contributed by atoms with Crippen molar-refractivity contribution >= 4 is 5.82 Å². The van der Waals surface area contributed by atoms with E-state index in [0.717, 1.165) is 35.4 Å². The van der Waals surface area contributed by atoms with Crippen LogP contribution in [0.3, 0.4) is 0 Å². The third-order valence-electron chi connectivity index (χ3n) is 4.46. The molecule has 2 aromatic rings. The zero-order valence-corrected chi connectivity index (χ0v) is 11.7. The highest BCUT2D eigenvalue weighted by Gasteiger charge is 2.38. The molecule has 2 unspecified atom stereocenters. The Hall–Kier alpha value is -1.97. The molecule has 0 amide bonds. The van der Waals surface area contributed by atoms with Crippen LogP contribution in [0, 0.1) is 12.8 Å². The molecule has 102 valence electrons. The van der Waals surface area contributed by atoms with Gasteiger partial charge in [0, 0.05) is 42.3 Å². The predicted octanol–water partition coefficient (Wildman–Crippen LogP) is 2.84. The minimum Gasteiger partial charge on any atom is -0.353 e. The van der Waals surface area contributed by atoms with Crippen LogP contribution in [-0.2, 0) is 0 Å². The summed E-state index contributed by atoms with van der Waals surface area (Å²) in [4.78, 5) is 16.0. The minimum atomic E-state index is 0.691. The van der Waals surface area contributed by atoms with E-state index in [2.05, 4.69) is 20.9 Å². The van der Waals surface area contributed by atoms with Crippen molar-refractivity contribution in [2.24, 2.45) is 5.92 Å². The van der Waals surface area contributed by atoms with Gasteiger partial charge in [0.1, 0.15) is 5.82 Å². The molecule has 1 saturated heterocycles. The maximum absolute atomic E-state index is 4.78. The molecular formula is C16H18N4. The highest BCUT2D eigenvalue weighted by atomic mass is 15.3. The lowest BCUT2D eigenvalue weighted by Crippen LogP contribution is -2.32. The van der Waals surface area contributed by atoms with E-state index in [1.54, 1.807) is 6.20 Å². The van der Waals surface area contributed by atoms with Crippen LogP contribution in [0.2, 0.25) is 0 Å². The second-order valence-electron chi connectivity index (χ2n) is 5.92. The normalized spacial score (nSPS) is 24.4. The summed E-state index contributed by atoms with van der Waals surface area (Å²) in [6.07, 6.45) is 7.65. The molecule has 0 aromatic carbocycles. The molecule has 2 atom stereocenters. The van der Waals surface area contributed by atoms with Crippen LogP contribution in [0.1, 0.15) is 25.0 Å². The molecule has 0 spiro atoms. The van der Waals surface area contributed by atoms with E-state index in [9.17, 15) is 0 Å². The summed E-state index contributed by atoms with van der Waals surface area (Å²) >= 11 is 0. The molecule has 4 nitrogen and oxygen atoms in total. The van der Waals surface area contributed by atoms with Gasteiger partial charge in [0.2, 0.25) is 0 Å². The highest BCUT2D eigenvalue weighted by Crippen LogP contribution is 2.39. The number of anilines is 1. The van der Waals surface area contributed by atoms with Crippen molar-refractivity contribution in [1.29, 1.82) is 0 Å². The minimum absolute atomic E-state index is 0.691. The summed E-state index contributed by atoms with van der Waals surface area (Å²) in [6.45, 7) is 3.20. The van der Waals surface area contributed by atoms with Crippen molar-refractivity contribution in [2.45, 2.75) is 32.2 Å². The third kappa shape index (κ3) is 1.96. The van der Waals surface area contributed by atoms with Gasteiger partial charge in [0.15, 0.2) is 5.82 Å². The molecule has 4 rings (SSSR count). The molecule has 2 aliphatic rings. The van der Waals surface area contributed by atoms with Crippen molar-refractivity contribution in [2.75, 3.05) is 11.4 Å². The van der Waals surface area contributed by atoms with Crippen LogP contribution >= 0.6 is 0 Å². The monoisotopic (exact) mass is 266 g/mol. The average molecular weight is 266 g/mol. The van der Waals surface area contributed by atoms with Gasteiger partial charge in [-0.3, -0.25) is 4.98 Å². The summed E-state index contributed by atoms with van der Waals surface area (Å²) in [7, 11) is 0. The first-order valence-electron chi connectivity index (χ1n) is 7.32. The van der Waals surface area contributed by atoms with E-state index >= 15 is 0 Å². The van der Waals surface area contributed by atoms with E-state index in [-0.39, 0.29) is 0 Å². The van der Waals surface area contributed by atoms with Crippen molar-refractivity contribution in [3.05, 3.63) is 36.3 Å². The second kappa shape index (κ2) is 4.54. The van der Waals surface area contributed by atoms with Crippen molar-refractivity contribution in [1.82, 2.24) is 15.0 Å². The fourth-order valence-corrected chi connectivity index (χ4v) is 3.53. The Bertz CT molecular complexity index is 626. The lowest BCUT2D eigenvalue weighted by Gasteiger charge is -2.28. The van der Waals surface area contributed by atoms with Crippen molar-refractivity contribution < 1.29 is 0 Å². The van der Waals surface area contributed by atoms with Gasteiger partial charge in [0.05, 0.1) is 0 Å². The topological polar surface area (TPSA) is 41.9 Å². The van der Waals surface area contributed by atoms with E-state index in [0.29, 0.717) is 6.04 Å². The molecule has 3 heterocycles. The summed E-state index contributed by atoms with van der Waals surface area (Å²) in [5.74, 6) is 2.75. The van der Waals surface area contributed by atoms with E-state index in [1.165, 1.54) is 19.3 Å². The highest BCUT2D eigenvalue weighted by molar-refractivity contribution is 5.57. The Balaban J connectivity index is 1.73. The SMILES string of the molecule is Cc1cc(N2CC3CCC2C3)nc(-c2cccnc2)n1. The number of hydrogen-bond donors (Lipinski definition) is 0. The number of nitrogens with zero attached hydrogens (tertiary/aromatic N) is 4. The fourth-order valence-electron chi connectivity index (χ4n) is 3.53. The summed E-state index contributed by atoms with van der Waals surface area (Å²) < 4.78 is 0. The molecule has 0 N–H and O–H groups in total. The number of rotatable bonds is 2. The zero-order valence-electron chi connectivity index (χ0n) is 11.7. The number of aromatic nitrogens is 3. The quantitative estimate of drug-likeness (QED) is 0.838. The first-order chi connectivity index (χ1) is 9.79. The second-order valence-corrected chi connectivity index (χ2v) is 5.92. The smallest absolute Gasteiger partial charge is 0.163 e. The molecule has 1 aliphatic heterocycles. The number of hydrogen-bond acceptors (Lipinski definition) is 4. The predicted molar refractivity (Wildman–Crippen MR) is 78.5 cm³/mol. The van der Waals surface area contributed by atoms with Gasteiger partial charge in [0.25, 0.3) is 0 Å². The first kappa shape index (κ1) is 11.8. The van der Waals surface area contributed by atoms with Gasteiger partial charge in [-0.25, -0.2) is 9.97 Å². The molecule has 1 saturated carbocycles. The molecule has 0 radical (unpaired) electrons. The van der Waals surface area contributed by atoms with Crippen LogP contribution in [0.5, 0.6) is 0 Å². The van der Waals surface area contributed by atoms with Gasteiger partial charge < -0.3 is 4.90 Å². The molecule has 1 aliphatic carbocycles. The van der Waals surface area contributed by atoms with Crippen LogP contribution in [0.4, 0.5) is 5.82 Å². The van der Waals surface area contributed by atoms with Crippen molar-refractivity contribution in [3.8, 4) is 11.4 Å². The Morgan fingerprint density at radius 2 is 2.20 bits per heavy atom. The van der Waals surface area contributed by atoms with E-state index < -0.39 is 0 Å². The van der Waals surface area contributed by atoms with E-state index in [4.69, 9.17) is 4.98 Å². The molecule has 4 heteroatoms. The maximum atomic E-state index is 4.78. The lowest BCUT2D eigenvalue weighted by molar-refractivity contribution is 0.550. The number of aryl methyl sites for hydroxylation is 1. The molecule has 2 fully saturated rings. The van der Waals surface area contributed by atoms with Crippen molar-refractivity contribution in [3.63, 3.8) is 0 Å². The molecule has 2 aromatic heterocycles. The average Bonchev–Trinajstić information content (AvgIpc) is 3.10. The third-order valence-corrected chi connectivity index (χ3v) is 4.46. The Morgan fingerprint density at radius 3 is 2.90 bits per heavy atom. The summed E-state index contributed by atoms with van der Waals surface area (Å²) in [5, 5.41) is 0. The Kier molecular flexibility index (Phi) is 2.69. The summed E-state index contributed by atoms with van der Waals surface area (Å²) in [6, 6.07) is 6.75. The van der Waals surface area contributed by atoms with E-state index in [1.807, 2.05) is 25.3 Å². The number of pyridine rings is 1. The Morgan fingerprint density at radius 1 is 1.25 bits per heavy atom. The summed E-state index contributed by atoms with van der Waals surface area (Å²) in [5.41, 5.74) is 2.01. The molecule has 2 bridgehead atoms. The lowest BCUT2D eigenvalue weighted by atomic mass is 10.1. The zero-order chi connectivity index (χ0) is 13.5. The first-order valence-corrected chi connectivity index (χ1v) is 7.32. The van der Waals surface area contributed by atoms with Crippen LogP contribution in [0.25, 0.3) is 11.4 Å². The van der Waals surface area contributed by atoms with Gasteiger partial charge in [-0.05, 0) is 44.2 Å². The molecule has 20 heavy (non-hydrogen) atoms. The standard InChI is InChI=1S/C16H18N4/c1-11-7-15(20-10-12-4-5-14(20)8-12)19-16(18-11)13-3-2-6-17-9-13/h2-3,6-7,9,12,14H,4-5,8,10H2,1H3. The number of fused-ring (bicyclic) bond motifs is 2. The Labute approximate surface area is 118 Å². The molecular weight excluding hydrogens is 248 g/mol.